The zero-order chi connectivity index (χ0) is 12.1. The predicted octanol–water partition coefficient (Wildman–Crippen LogP) is 0.368. The summed E-state index contributed by atoms with van der Waals surface area (Å²) in [4.78, 5) is 15.5. The Morgan fingerprint density at radius 3 is 2.75 bits per heavy atom. The first kappa shape index (κ1) is 12.6. The van der Waals surface area contributed by atoms with Crippen LogP contribution in [0.5, 0.6) is 0 Å². The lowest BCUT2D eigenvalue weighted by atomic mass is 10.0. The molecule has 1 amide bonds. The fourth-order valence-corrected chi connectivity index (χ4v) is 1.33. The molecule has 0 spiro atoms. The van der Waals surface area contributed by atoms with E-state index in [0.29, 0.717) is 24.1 Å². The first-order valence-electron chi connectivity index (χ1n) is 5.31. The van der Waals surface area contributed by atoms with Crippen LogP contribution in [0, 0.1) is 12.8 Å². The summed E-state index contributed by atoms with van der Waals surface area (Å²) in [5, 5.41) is 6.33. The van der Waals surface area contributed by atoms with Gasteiger partial charge in [-0.25, -0.2) is 0 Å². The van der Waals surface area contributed by atoms with Gasteiger partial charge in [0.1, 0.15) is 0 Å². The van der Waals surface area contributed by atoms with Gasteiger partial charge in [-0.05, 0) is 12.3 Å². The highest BCUT2D eigenvalue weighted by molar-refractivity contribution is 5.81. The third kappa shape index (κ3) is 3.98. The molecule has 16 heavy (non-hydrogen) atoms. The van der Waals surface area contributed by atoms with Crippen LogP contribution in [0.1, 0.15) is 32.0 Å². The maximum atomic E-state index is 11.5. The molecule has 0 radical (unpaired) electrons. The maximum Gasteiger partial charge on any atom is 0.237 e. The van der Waals surface area contributed by atoms with Gasteiger partial charge in [0.15, 0.2) is 5.82 Å². The van der Waals surface area contributed by atoms with Crippen molar-refractivity contribution in [2.45, 2.75) is 39.8 Å². The normalized spacial score (nSPS) is 12.8. The Morgan fingerprint density at radius 1 is 1.56 bits per heavy atom. The van der Waals surface area contributed by atoms with Gasteiger partial charge in [0, 0.05) is 6.92 Å². The van der Waals surface area contributed by atoms with E-state index in [1.807, 2.05) is 13.8 Å². The summed E-state index contributed by atoms with van der Waals surface area (Å²) in [6.07, 6.45) is 0.664. The molecule has 0 aliphatic rings. The Bertz CT molecular complexity index is 348. The molecule has 1 aromatic heterocycles. The number of carbonyl (C=O) groups excluding carboxylic acids is 1. The van der Waals surface area contributed by atoms with E-state index in [-0.39, 0.29) is 12.5 Å². The lowest BCUT2D eigenvalue weighted by Gasteiger charge is -2.12. The second-order valence-electron chi connectivity index (χ2n) is 4.18. The van der Waals surface area contributed by atoms with Crippen LogP contribution in [0.15, 0.2) is 4.52 Å². The zero-order valence-corrected chi connectivity index (χ0v) is 9.86. The molecule has 0 saturated heterocycles. The smallest absolute Gasteiger partial charge is 0.237 e. The molecule has 0 bridgehead atoms. The molecule has 0 saturated carbocycles. The van der Waals surface area contributed by atoms with Crippen LogP contribution in [0.25, 0.3) is 0 Å². The highest BCUT2D eigenvalue weighted by atomic mass is 16.5. The fourth-order valence-electron chi connectivity index (χ4n) is 1.33. The number of hydrogen-bond donors (Lipinski definition) is 2. The highest BCUT2D eigenvalue weighted by Gasteiger charge is 2.15. The van der Waals surface area contributed by atoms with Crippen molar-refractivity contribution < 1.29 is 9.32 Å². The number of aryl methyl sites for hydroxylation is 1. The minimum absolute atomic E-state index is 0.184. The van der Waals surface area contributed by atoms with Crippen LogP contribution < -0.4 is 11.1 Å². The van der Waals surface area contributed by atoms with Gasteiger partial charge in [0.05, 0.1) is 12.6 Å². The molecule has 0 fully saturated rings. The lowest BCUT2D eigenvalue weighted by Crippen LogP contribution is -2.41. The van der Waals surface area contributed by atoms with Crippen molar-refractivity contribution in [1.82, 2.24) is 15.5 Å². The van der Waals surface area contributed by atoms with E-state index in [0.717, 1.165) is 0 Å². The average molecular weight is 226 g/mol. The minimum atomic E-state index is -0.479. The SMILES string of the molecule is Cc1nc(CNC(=O)[C@@H](N)CC(C)C)no1. The number of carbonyl (C=O) groups is 1. The van der Waals surface area contributed by atoms with Gasteiger partial charge >= 0.3 is 0 Å². The van der Waals surface area contributed by atoms with E-state index in [2.05, 4.69) is 15.5 Å². The Labute approximate surface area is 94.6 Å². The standard InChI is InChI=1S/C10H18N4O2/c1-6(2)4-8(11)10(15)12-5-9-13-7(3)16-14-9/h6,8H,4-5,11H2,1-3H3,(H,12,15)/t8-/m0/s1. The summed E-state index contributed by atoms with van der Waals surface area (Å²) in [7, 11) is 0. The molecule has 0 aliphatic carbocycles. The van der Waals surface area contributed by atoms with Gasteiger partial charge in [-0.3, -0.25) is 4.79 Å². The molecule has 1 atom stereocenters. The first-order valence-corrected chi connectivity index (χ1v) is 5.31. The quantitative estimate of drug-likeness (QED) is 0.756. The Hall–Kier alpha value is -1.43. The van der Waals surface area contributed by atoms with Gasteiger partial charge in [0.25, 0.3) is 0 Å². The summed E-state index contributed by atoms with van der Waals surface area (Å²) in [6.45, 7) is 6.00. The second kappa shape index (κ2) is 5.60. The van der Waals surface area contributed by atoms with Crippen molar-refractivity contribution in [2.24, 2.45) is 11.7 Å². The molecule has 6 nitrogen and oxygen atoms in total. The van der Waals surface area contributed by atoms with Crippen LogP contribution in [0.3, 0.4) is 0 Å². The van der Waals surface area contributed by atoms with Crippen LogP contribution in [-0.4, -0.2) is 22.1 Å². The largest absolute Gasteiger partial charge is 0.347 e. The van der Waals surface area contributed by atoms with Crippen molar-refractivity contribution in [2.75, 3.05) is 0 Å². The molecule has 1 aromatic rings. The summed E-state index contributed by atoms with van der Waals surface area (Å²) in [5.41, 5.74) is 5.71. The third-order valence-corrected chi connectivity index (χ3v) is 2.05. The summed E-state index contributed by atoms with van der Waals surface area (Å²) in [6, 6.07) is -0.479. The number of nitrogens with one attached hydrogen (secondary N) is 1. The van der Waals surface area contributed by atoms with E-state index in [1.54, 1.807) is 6.92 Å². The van der Waals surface area contributed by atoms with Gasteiger partial charge in [-0.1, -0.05) is 19.0 Å². The van der Waals surface area contributed by atoms with Crippen molar-refractivity contribution in [3.05, 3.63) is 11.7 Å². The van der Waals surface area contributed by atoms with E-state index in [4.69, 9.17) is 10.3 Å². The van der Waals surface area contributed by atoms with Gasteiger partial charge in [0.2, 0.25) is 11.8 Å². The molecule has 0 aliphatic heterocycles. The molecular weight excluding hydrogens is 208 g/mol. The molecular formula is C10H18N4O2. The monoisotopic (exact) mass is 226 g/mol. The van der Waals surface area contributed by atoms with E-state index in [1.165, 1.54) is 0 Å². The zero-order valence-electron chi connectivity index (χ0n) is 9.86. The highest BCUT2D eigenvalue weighted by Crippen LogP contribution is 2.02. The number of hydrogen-bond acceptors (Lipinski definition) is 5. The molecule has 3 N–H and O–H groups in total. The van der Waals surface area contributed by atoms with E-state index in [9.17, 15) is 4.79 Å². The predicted molar refractivity (Wildman–Crippen MR) is 58.3 cm³/mol. The van der Waals surface area contributed by atoms with Crippen LogP contribution in [-0.2, 0) is 11.3 Å². The molecule has 1 rings (SSSR count). The molecule has 6 heteroatoms. The topological polar surface area (TPSA) is 94.0 Å². The second-order valence-corrected chi connectivity index (χ2v) is 4.18. The summed E-state index contributed by atoms with van der Waals surface area (Å²) >= 11 is 0. The van der Waals surface area contributed by atoms with Gasteiger partial charge in [-0.15, -0.1) is 0 Å². The van der Waals surface area contributed by atoms with Crippen LogP contribution >= 0.6 is 0 Å². The number of nitrogens with two attached hydrogens (primary N) is 1. The van der Waals surface area contributed by atoms with Crippen LogP contribution in [0.4, 0.5) is 0 Å². The first-order chi connectivity index (χ1) is 7.49. The number of nitrogens with zero attached hydrogens (tertiary/aromatic N) is 2. The Balaban J connectivity index is 2.35. The van der Waals surface area contributed by atoms with Crippen molar-refractivity contribution >= 4 is 5.91 Å². The fraction of sp³-hybridized carbons (Fsp3) is 0.700. The third-order valence-electron chi connectivity index (χ3n) is 2.05. The minimum Gasteiger partial charge on any atom is -0.347 e. The molecule has 0 unspecified atom stereocenters. The number of amides is 1. The Morgan fingerprint density at radius 2 is 2.25 bits per heavy atom. The van der Waals surface area contributed by atoms with Crippen LogP contribution in [0.2, 0.25) is 0 Å². The van der Waals surface area contributed by atoms with Crippen molar-refractivity contribution in [1.29, 1.82) is 0 Å². The van der Waals surface area contributed by atoms with Crippen molar-refractivity contribution in [3.8, 4) is 0 Å². The lowest BCUT2D eigenvalue weighted by molar-refractivity contribution is -0.122. The van der Waals surface area contributed by atoms with Crippen molar-refractivity contribution in [3.63, 3.8) is 0 Å². The average Bonchev–Trinajstić information content (AvgIpc) is 2.59. The molecule has 0 aromatic carbocycles. The summed E-state index contributed by atoms with van der Waals surface area (Å²) in [5.74, 6) is 1.16. The Kier molecular flexibility index (Phi) is 4.42. The summed E-state index contributed by atoms with van der Waals surface area (Å²) < 4.78 is 4.78. The maximum absolute atomic E-state index is 11.5. The molecule has 1 heterocycles. The molecule has 90 valence electrons. The van der Waals surface area contributed by atoms with E-state index >= 15 is 0 Å². The van der Waals surface area contributed by atoms with E-state index < -0.39 is 6.04 Å². The number of aromatic nitrogens is 2. The number of rotatable bonds is 5. The van der Waals surface area contributed by atoms with Gasteiger partial charge in [-0.2, -0.15) is 4.98 Å². The van der Waals surface area contributed by atoms with Gasteiger partial charge < -0.3 is 15.6 Å².